The summed E-state index contributed by atoms with van der Waals surface area (Å²) in [6.45, 7) is 1.79. The van der Waals surface area contributed by atoms with E-state index < -0.39 is 20.7 Å². The topological polar surface area (TPSA) is 63.4 Å². The molecule has 1 aromatic carbocycles. The zero-order valence-corrected chi connectivity index (χ0v) is 14.6. The Bertz CT molecular complexity index is 774. The van der Waals surface area contributed by atoms with Crippen molar-refractivity contribution in [3.8, 4) is 0 Å². The Morgan fingerprint density at radius 3 is 2.62 bits per heavy atom. The molecule has 0 saturated carbocycles. The van der Waals surface area contributed by atoms with Gasteiger partial charge in [-0.1, -0.05) is 0 Å². The van der Waals surface area contributed by atoms with Gasteiger partial charge < -0.3 is 5.73 Å². The molecule has 4 nitrogen and oxygen atoms in total. The van der Waals surface area contributed by atoms with Gasteiger partial charge in [0.25, 0.3) is 0 Å². The molecule has 114 valence electrons. The molecule has 2 aromatic rings. The van der Waals surface area contributed by atoms with Crippen LogP contribution in [0.25, 0.3) is 0 Å². The average molecular weight is 393 g/mol. The third kappa shape index (κ3) is 3.45. The third-order valence-corrected chi connectivity index (χ3v) is 6.41. The summed E-state index contributed by atoms with van der Waals surface area (Å²) in [5.74, 6) is -0.792. The smallest absolute Gasteiger partial charge is 0.246 e. The highest BCUT2D eigenvalue weighted by molar-refractivity contribution is 9.11. The summed E-state index contributed by atoms with van der Waals surface area (Å²) in [5, 5.41) is 1.84. The number of hydrogen-bond donors (Lipinski definition) is 1. The number of halogens is 2. The number of anilines is 1. The lowest BCUT2D eigenvalue weighted by molar-refractivity contribution is 0.460. The Balaban J connectivity index is 2.35. The average Bonchev–Trinajstić information content (AvgIpc) is 2.79. The standard InChI is InChI=1S/C13H14BrFN2O2S2/c1-8-3-10(15)12(5-11(8)16)21(18,19)17(2)6-9-4-13(14)20-7-9/h3-5,7H,6,16H2,1-2H3. The van der Waals surface area contributed by atoms with Crippen molar-refractivity contribution >= 4 is 43.0 Å². The minimum absolute atomic E-state index is 0.164. The van der Waals surface area contributed by atoms with Crippen LogP contribution in [-0.2, 0) is 16.6 Å². The predicted molar refractivity (Wildman–Crippen MR) is 86.2 cm³/mol. The summed E-state index contributed by atoms with van der Waals surface area (Å²) in [6, 6.07) is 4.13. The maximum atomic E-state index is 14.0. The minimum atomic E-state index is -3.93. The summed E-state index contributed by atoms with van der Waals surface area (Å²) < 4.78 is 40.9. The van der Waals surface area contributed by atoms with E-state index in [-0.39, 0.29) is 12.2 Å². The first kappa shape index (κ1) is 16.4. The highest BCUT2D eigenvalue weighted by Crippen LogP contribution is 2.26. The first-order valence-corrected chi connectivity index (χ1v) is 9.08. The van der Waals surface area contributed by atoms with Crippen LogP contribution < -0.4 is 5.73 Å². The second kappa shape index (κ2) is 6.04. The molecule has 0 fully saturated rings. The van der Waals surface area contributed by atoms with E-state index in [9.17, 15) is 12.8 Å². The first-order chi connectivity index (χ1) is 9.71. The summed E-state index contributed by atoms with van der Waals surface area (Å²) in [4.78, 5) is -0.401. The fourth-order valence-corrected chi connectivity index (χ4v) is 4.24. The van der Waals surface area contributed by atoms with E-state index in [1.165, 1.54) is 24.5 Å². The molecule has 0 amide bonds. The Morgan fingerprint density at radius 1 is 1.38 bits per heavy atom. The molecule has 0 bridgehead atoms. The molecule has 0 aliphatic heterocycles. The molecule has 2 rings (SSSR count). The maximum Gasteiger partial charge on any atom is 0.246 e. The van der Waals surface area contributed by atoms with Crippen LogP contribution in [0, 0.1) is 12.7 Å². The molecule has 2 N–H and O–H groups in total. The van der Waals surface area contributed by atoms with Gasteiger partial charge in [0.1, 0.15) is 10.7 Å². The Labute approximate surface area is 135 Å². The first-order valence-electron chi connectivity index (χ1n) is 5.96. The summed E-state index contributed by atoms with van der Waals surface area (Å²) >= 11 is 4.78. The van der Waals surface area contributed by atoms with Gasteiger partial charge in [-0.05, 0) is 57.6 Å². The third-order valence-electron chi connectivity index (χ3n) is 3.04. The van der Waals surface area contributed by atoms with Crippen molar-refractivity contribution in [3.05, 3.63) is 44.3 Å². The van der Waals surface area contributed by atoms with Crippen LogP contribution in [0.1, 0.15) is 11.1 Å². The molecular formula is C13H14BrFN2O2S2. The number of sulfonamides is 1. The Morgan fingerprint density at radius 2 is 2.05 bits per heavy atom. The molecule has 0 unspecified atom stereocenters. The molecule has 1 aromatic heterocycles. The van der Waals surface area contributed by atoms with E-state index in [0.29, 0.717) is 5.56 Å². The van der Waals surface area contributed by atoms with E-state index in [0.717, 1.165) is 19.7 Å². The lowest BCUT2D eigenvalue weighted by Crippen LogP contribution is -2.27. The van der Waals surface area contributed by atoms with E-state index in [4.69, 9.17) is 5.73 Å². The summed E-state index contributed by atoms with van der Waals surface area (Å²) in [5.41, 5.74) is 7.28. The number of rotatable bonds is 4. The van der Waals surface area contributed by atoms with Crippen LogP contribution in [0.2, 0.25) is 0 Å². The van der Waals surface area contributed by atoms with Gasteiger partial charge in [-0.3, -0.25) is 0 Å². The zero-order chi connectivity index (χ0) is 15.8. The Kier molecular flexibility index (Phi) is 4.72. The highest BCUT2D eigenvalue weighted by atomic mass is 79.9. The van der Waals surface area contributed by atoms with E-state index in [2.05, 4.69) is 15.9 Å². The molecule has 21 heavy (non-hydrogen) atoms. The molecule has 0 saturated heterocycles. The molecule has 0 spiro atoms. The highest BCUT2D eigenvalue weighted by Gasteiger charge is 2.25. The van der Waals surface area contributed by atoms with Gasteiger partial charge in [0.2, 0.25) is 10.0 Å². The van der Waals surface area contributed by atoms with E-state index in [1.807, 2.05) is 11.4 Å². The van der Waals surface area contributed by atoms with Gasteiger partial charge >= 0.3 is 0 Å². The van der Waals surface area contributed by atoms with Gasteiger partial charge in [-0.25, -0.2) is 12.8 Å². The second-order valence-corrected chi connectivity index (χ2v) is 8.96. The number of hydrogen-bond acceptors (Lipinski definition) is 4. The van der Waals surface area contributed by atoms with Crippen molar-refractivity contribution in [2.24, 2.45) is 0 Å². The fourth-order valence-electron chi connectivity index (χ4n) is 1.80. The number of nitrogen functional groups attached to an aromatic ring is 1. The van der Waals surface area contributed by atoms with Crippen LogP contribution in [0.3, 0.4) is 0 Å². The maximum absolute atomic E-state index is 14.0. The summed E-state index contributed by atoms with van der Waals surface area (Å²) in [6.07, 6.45) is 0. The van der Waals surface area contributed by atoms with Gasteiger partial charge in [0, 0.05) is 19.3 Å². The molecule has 8 heteroatoms. The van der Waals surface area contributed by atoms with Crippen molar-refractivity contribution in [1.82, 2.24) is 4.31 Å². The number of nitrogens with two attached hydrogens (primary N) is 1. The van der Waals surface area contributed by atoms with Gasteiger partial charge in [0.05, 0.1) is 3.79 Å². The molecule has 0 radical (unpaired) electrons. The van der Waals surface area contributed by atoms with Gasteiger partial charge in [0.15, 0.2) is 0 Å². The molecule has 0 atom stereocenters. The fraction of sp³-hybridized carbons (Fsp3) is 0.231. The number of nitrogens with zero attached hydrogens (tertiary/aromatic N) is 1. The lowest BCUT2D eigenvalue weighted by atomic mass is 10.2. The molecule has 0 aliphatic carbocycles. The number of aryl methyl sites for hydroxylation is 1. The van der Waals surface area contributed by atoms with Crippen LogP contribution in [-0.4, -0.2) is 19.8 Å². The van der Waals surface area contributed by atoms with Crippen LogP contribution in [0.5, 0.6) is 0 Å². The van der Waals surface area contributed by atoms with Crippen LogP contribution >= 0.6 is 27.3 Å². The van der Waals surface area contributed by atoms with E-state index in [1.54, 1.807) is 6.92 Å². The lowest BCUT2D eigenvalue weighted by Gasteiger charge is -2.17. The zero-order valence-electron chi connectivity index (χ0n) is 11.4. The normalized spacial score (nSPS) is 12.0. The predicted octanol–water partition coefficient (Wildman–Crippen LogP) is 3.36. The van der Waals surface area contributed by atoms with Gasteiger partial charge in [-0.2, -0.15) is 4.31 Å². The molecule has 1 heterocycles. The molecular weight excluding hydrogens is 379 g/mol. The van der Waals surface area contributed by atoms with Crippen LogP contribution in [0.4, 0.5) is 10.1 Å². The number of benzene rings is 1. The van der Waals surface area contributed by atoms with Crippen molar-refractivity contribution in [3.63, 3.8) is 0 Å². The Hall–Kier alpha value is -0.960. The largest absolute Gasteiger partial charge is 0.398 e. The number of thiophene rings is 1. The van der Waals surface area contributed by atoms with Crippen LogP contribution in [0.15, 0.2) is 32.3 Å². The van der Waals surface area contributed by atoms with Crippen molar-refractivity contribution < 1.29 is 12.8 Å². The SMILES string of the molecule is Cc1cc(F)c(S(=O)(=O)N(C)Cc2csc(Br)c2)cc1N. The quantitative estimate of drug-likeness (QED) is 0.811. The summed E-state index contributed by atoms with van der Waals surface area (Å²) in [7, 11) is -2.52. The second-order valence-electron chi connectivity index (χ2n) is 4.66. The van der Waals surface area contributed by atoms with E-state index >= 15 is 0 Å². The minimum Gasteiger partial charge on any atom is -0.398 e. The monoisotopic (exact) mass is 392 g/mol. The molecule has 0 aliphatic rings. The van der Waals surface area contributed by atoms with Crippen molar-refractivity contribution in [1.29, 1.82) is 0 Å². The van der Waals surface area contributed by atoms with Crippen molar-refractivity contribution in [2.45, 2.75) is 18.4 Å². The van der Waals surface area contributed by atoms with Gasteiger partial charge in [-0.15, -0.1) is 11.3 Å². The van der Waals surface area contributed by atoms with Crippen molar-refractivity contribution in [2.75, 3.05) is 12.8 Å².